The summed E-state index contributed by atoms with van der Waals surface area (Å²) in [6, 6.07) is 2.17. The highest BCUT2D eigenvalue weighted by molar-refractivity contribution is 5.04. The molecule has 1 aromatic heterocycles. The van der Waals surface area contributed by atoms with Crippen LogP contribution < -0.4 is 10.5 Å². The van der Waals surface area contributed by atoms with Gasteiger partial charge in [0.2, 0.25) is 0 Å². The number of ether oxygens (including phenoxy) is 1. The zero-order valence-corrected chi connectivity index (χ0v) is 8.60. The van der Waals surface area contributed by atoms with E-state index in [2.05, 4.69) is 9.97 Å². The van der Waals surface area contributed by atoms with Crippen LogP contribution in [0.4, 0.5) is 0 Å². The molecule has 0 radical (unpaired) electrons. The van der Waals surface area contributed by atoms with Crippen molar-refractivity contribution in [2.24, 2.45) is 5.73 Å². The van der Waals surface area contributed by atoms with E-state index in [1.165, 1.54) is 0 Å². The molecule has 2 N–H and O–H groups in total. The van der Waals surface area contributed by atoms with Crippen LogP contribution in [0.3, 0.4) is 0 Å². The zero-order valence-electron chi connectivity index (χ0n) is 8.60. The van der Waals surface area contributed by atoms with Crippen LogP contribution in [0.25, 0.3) is 0 Å². The van der Waals surface area contributed by atoms with Crippen LogP contribution in [0.1, 0.15) is 5.69 Å². The maximum atomic E-state index is 5.44. The SMILES string of the molecule is CN(C)CCOc1nccc(CN)n1. The fourth-order valence-corrected chi connectivity index (χ4v) is 0.879. The second-order valence-corrected chi connectivity index (χ2v) is 3.19. The third kappa shape index (κ3) is 3.68. The number of nitrogens with two attached hydrogens (primary N) is 1. The third-order valence-corrected chi connectivity index (χ3v) is 1.67. The van der Waals surface area contributed by atoms with Crippen LogP contribution in [0.15, 0.2) is 12.3 Å². The maximum absolute atomic E-state index is 5.44. The summed E-state index contributed by atoms with van der Waals surface area (Å²) in [6.45, 7) is 1.84. The Morgan fingerprint density at radius 2 is 2.29 bits per heavy atom. The lowest BCUT2D eigenvalue weighted by atomic mass is 10.4. The van der Waals surface area contributed by atoms with E-state index in [0.29, 0.717) is 19.2 Å². The van der Waals surface area contributed by atoms with E-state index >= 15 is 0 Å². The second-order valence-electron chi connectivity index (χ2n) is 3.19. The van der Waals surface area contributed by atoms with E-state index in [4.69, 9.17) is 10.5 Å². The lowest BCUT2D eigenvalue weighted by molar-refractivity contribution is 0.245. The summed E-state index contributed by atoms with van der Waals surface area (Å²) < 4.78 is 5.34. The van der Waals surface area contributed by atoms with Crippen molar-refractivity contribution in [2.45, 2.75) is 6.54 Å². The molecule has 0 unspecified atom stereocenters. The van der Waals surface area contributed by atoms with Crippen LogP contribution in [-0.2, 0) is 6.54 Å². The summed E-state index contributed by atoms with van der Waals surface area (Å²) >= 11 is 0. The Bertz CT molecular complexity index is 277. The van der Waals surface area contributed by atoms with Crippen LogP contribution in [0.2, 0.25) is 0 Å². The van der Waals surface area contributed by atoms with Crippen molar-refractivity contribution in [3.8, 4) is 6.01 Å². The van der Waals surface area contributed by atoms with Gasteiger partial charge in [-0.25, -0.2) is 4.98 Å². The van der Waals surface area contributed by atoms with Gasteiger partial charge in [-0.2, -0.15) is 4.98 Å². The van der Waals surface area contributed by atoms with Crippen molar-refractivity contribution in [1.29, 1.82) is 0 Å². The first-order valence-electron chi connectivity index (χ1n) is 4.52. The van der Waals surface area contributed by atoms with E-state index in [9.17, 15) is 0 Å². The number of nitrogens with zero attached hydrogens (tertiary/aromatic N) is 3. The highest BCUT2D eigenvalue weighted by Crippen LogP contribution is 2.01. The maximum Gasteiger partial charge on any atom is 0.316 e. The van der Waals surface area contributed by atoms with Crippen LogP contribution in [0.5, 0.6) is 6.01 Å². The average molecular weight is 196 g/mol. The second kappa shape index (κ2) is 5.51. The molecule has 0 spiro atoms. The number of rotatable bonds is 5. The summed E-state index contributed by atoms with van der Waals surface area (Å²) in [5, 5.41) is 0. The highest BCUT2D eigenvalue weighted by Gasteiger charge is 1.98. The van der Waals surface area contributed by atoms with Gasteiger partial charge in [-0.3, -0.25) is 0 Å². The van der Waals surface area contributed by atoms with Gasteiger partial charge < -0.3 is 15.4 Å². The van der Waals surface area contributed by atoms with Gasteiger partial charge in [0.1, 0.15) is 6.61 Å². The normalized spacial score (nSPS) is 10.6. The monoisotopic (exact) mass is 196 g/mol. The van der Waals surface area contributed by atoms with E-state index in [0.717, 1.165) is 12.2 Å². The number of aromatic nitrogens is 2. The Labute approximate surface area is 83.9 Å². The predicted octanol–water partition coefficient (Wildman–Crippen LogP) is -0.124. The molecule has 0 amide bonds. The van der Waals surface area contributed by atoms with Gasteiger partial charge >= 0.3 is 6.01 Å². The van der Waals surface area contributed by atoms with Crippen molar-refractivity contribution in [3.63, 3.8) is 0 Å². The third-order valence-electron chi connectivity index (χ3n) is 1.67. The molecule has 0 aromatic carbocycles. The Hall–Kier alpha value is -1.20. The smallest absolute Gasteiger partial charge is 0.316 e. The summed E-state index contributed by atoms with van der Waals surface area (Å²) in [5.41, 5.74) is 6.23. The summed E-state index contributed by atoms with van der Waals surface area (Å²) in [7, 11) is 3.97. The molecule has 0 bridgehead atoms. The molecule has 0 saturated carbocycles. The molecule has 0 atom stereocenters. The van der Waals surface area contributed by atoms with Gasteiger partial charge in [0, 0.05) is 19.3 Å². The molecule has 0 fully saturated rings. The fourth-order valence-electron chi connectivity index (χ4n) is 0.879. The summed E-state index contributed by atoms with van der Waals surface area (Å²) in [5.74, 6) is 0. The molecule has 78 valence electrons. The molecule has 5 heteroatoms. The quantitative estimate of drug-likeness (QED) is 0.711. The van der Waals surface area contributed by atoms with Gasteiger partial charge in [-0.05, 0) is 20.2 Å². The minimum Gasteiger partial charge on any atom is -0.462 e. The number of hydrogen-bond acceptors (Lipinski definition) is 5. The lowest BCUT2D eigenvalue weighted by Gasteiger charge is -2.09. The van der Waals surface area contributed by atoms with Crippen LogP contribution >= 0.6 is 0 Å². The van der Waals surface area contributed by atoms with Crippen molar-refractivity contribution < 1.29 is 4.74 Å². The Kier molecular flexibility index (Phi) is 4.28. The molecule has 1 rings (SSSR count). The van der Waals surface area contributed by atoms with Gasteiger partial charge in [0.15, 0.2) is 0 Å². The Morgan fingerprint density at radius 3 is 2.93 bits per heavy atom. The number of hydrogen-bond donors (Lipinski definition) is 1. The largest absolute Gasteiger partial charge is 0.462 e. The molecule has 14 heavy (non-hydrogen) atoms. The zero-order chi connectivity index (χ0) is 10.4. The Balaban J connectivity index is 2.42. The topological polar surface area (TPSA) is 64.3 Å². The van der Waals surface area contributed by atoms with E-state index < -0.39 is 0 Å². The summed E-state index contributed by atoms with van der Waals surface area (Å²) in [4.78, 5) is 10.1. The van der Waals surface area contributed by atoms with Gasteiger partial charge in [-0.1, -0.05) is 0 Å². The molecule has 0 saturated heterocycles. The standard InChI is InChI=1S/C9H16N4O/c1-13(2)5-6-14-9-11-4-3-8(7-10)12-9/h3-4H,5-7,10H2,1-2H3. The Morgan fingerprint density at radius 1 is 1.50 bits per heavy atom. The summed E-state index contributed by atoms with van der Waals surface area (Å²) in [6.07, 6.45) is 1.65. The number of likely N-dealkylation sites (N-methyl/N-ethyl adjacent to an activating group) is 1. The first kappa shape index (κ1) is 10.9. The minimum absolute atomic E-state index is 0.398. The molecule has 5 nitrogen and oxygen atoms in total. The van der Waals surface area contributed by atoms with Crippen molar-refractivity contribution in [2.75, 3.05) is 27.2 Å². The van der Waals surface area contributed by atoms with Gasteiger partial charge in [0.05, 0.1) is 5.69 Å². The van der Waals surface area contributed by atoms with E-state index in [1.807, 2.05) is 19.0 Å². The predicted molar refractivity (Wildman–Crippen MR) is 54.0 cm³/mol. The van der Waals surface area contributed by atoms with Crippen molar-refractivity contribution in [1.82, 2.24) is 14.9 Å². The first-order chi connectivity index (χ1) is 6.72. The molecule has 1 aromatic rings. The first-order valence-corrected chi connectivity index (χ1v) is 4.52. The van der Waals surface area contributed by atoms with Crippen molar-refractivity contribution in [3.05, 3.63) is 18.0 Å². The van der Waals surface area contributed by atoms with Gasteiger partial charge in [-0.15, -0.1) is 0 Å². The molecular weight excluding hydrogens is 180 g/mol. The van der Waals surface area contributed by atoms with E-state index in [1.54, 1.807) is 12.3 Å². The van der Waals surface area contributed by atoms with E-state index in [-0.39, 0.29) is 0 Å². The van der Waals surface area contributed by atoms with Crippen molar-refractivity contribution >= 4 is 0 Å². The van der Waals surface area contributed by atoms with Gasteiger partial charge in [0.25, 0.3) is 0 Å². The lowest BCUT2D eigenvalue weighted by Crippen LogP contribution is -2.20. The fraction of sp³-hybridized carbons (Fsp3) is 0.556. The molecule has 0 aliphatic carbocycles. The van der Waals surface area contributed by atoms with Crippen LogP contribution in [0, 0.1) is 0 Å². The highest BCUT2D eigenvalue weighted by atomic mass is 16.5. The molecule has 0 aliphatic rings. The molecular formula is C9H16N4O. The minimum atomic E-state index is 0.398. The van der Waals surface area contributed by atoms with Crippen LogP contribution in [-0.4, -0.2) is 42.1 Å². The molecule has 1 heterocycles. The molecule has 0 aliphatic heterocycles. The average Bonchev–Trinajstić information content (AvgIpc) is 2.18.